The summed E-state index contributed by atoms with van der Waals surface area (Å²) in [7, 11) is 5.78. The number of benzene rings is 1. The van der Waals surface area contributed by atoms with Gasteiger partial charge in [-0.3, -0.25) is 4.90 Å². The number of carbonyl (C=O) groups excluding carboxylic acids is 1. The van der Waals surface area contributed by atoms with Gasteiger partial charge in [0.15, 0.2) is 0 Å². The maximum atomic E-state index is 12.6. The van der Waals surface area contributed by atoms with Crippen molar-refractivity contribution < 1.29 is 4.79 Å². The summed E-state index contributed by atoms with van der Waals surface area (Å²) in [6, 6.07) is 8.46. The molecule has 3 rings (SSSR count). The van der Waals surface area contributed by atoms with E-state index in [9.17, 15) is 4.79 Å². The Morgan fingerprint density at radius 3 is 2.24 bits per heavy atom. The first-order valence-corrected chi connectivity index (χ1v) is 10.2. The predicted octanol–water partition coefficient (Wildman–Crippen LogP) is 3.73. The summed E-state index contributed by atoms with van der Waals surface area (Å²) < 4.78 is 0. The highest BCUT2D eigenvalue weighted by atomic mass is 16.2. The van der Waals surface area contributed by atoms with Gasteiger partial charge in [-0.1, -0.05) is 17.7 Å². The van der Waals surface area contributed by atoms with Gasteiger partial charge in [-0.15, -0.1) is 0 Å². The Bertz CT molecular complexity index is 828. The number of amides is 2. The molecule has 0 spiro atoms. The lowest BCUT2D eigenvalue weighted by atomic mass is 9.91. The van der Waals surface area contributed by atoms with E-state index in [0.717, 1.165) is 42.8 Å². The molecule has 2 aromatic rings. The van der Waals surface area contributed by atoms with Gasteiger partial charge in [0.2, 0.25) is 5.95 Å². The molecule has 1 fully saturated rings. The van der Waals surface area contributed by atoms with Crippen LogP contribution in [0.15, 0.2) is 30.5 Å². The van der Waals surface area contributed by atoms with Gasteiger partial charge in [0.25, 0.3) is 0 Å². The molecule has 0 saturated heterocycles. The predicted molar refractivity (Wildman–Crippen MR) is 119 cm³/mol. The molecule has 1 aromatic heterocycles. The fourth-order valence-corrected chi connectivity index (χ4v) is 3.68. The largest absolute Gasteiger partial charge is 0.362 e. The summed E-state index contributed by atoms with van der Waals surface area (Å²) >= 11 is 0. The van der Waals surface area contributed by atoms with Crippen LogP contribution in [0.2, 0.25) is 0 Å². The SMILES string of the molecule is Cc1ccc(N(C)C(=O)NC2CCC(Nc3ncc(C)c(N(C)C)n3)CC2)cc1. The van der Waals surface area contributed by atoms with Crippen LogP contribution in [-0.4, -0.2) is 49.2 Å². The van der Waals surface area contributed by atoms with E-state index in [0.29, 0.717) is 12.0 Å². The number of rotatable bonds is 5. The third-order valence-corrected chi connectivity index (χ3v) is 5.48. The number of aryl methyl sites for hydroxylation is 2. The summed E-state index contributed by atoms with van der Waals surface area (Å²) in [6.45, 7) is 4.06. The molecule has 0 unspecified atom stereocenters. The fourth-order valence-electron chi connectivity index (χ4n) is 3.68. The van der Waals surface area contributed by atoms with E-state index in [4.69, 9.17) is 0 Å². The maximum Gasteiger partial charge on any atom is 0.321 e. The quantitative estimate of drug-likeness (QED) is 0.806. The van der Waals surface area contributed by atoms with Crippen molar-refractivity contribution in [1.82, 2.24) is 15.3 Å². The van der Waals surface area contributed by atoms with E-state index in [2.05, 4.69) is 20.6 Å². The number of nitrogens with zero attached hydrogens (tertiary/aromatic N) is 4. The van der Waals surface area contributed by atoms with Gasteiger partial charge < -0.3 is 15.5 Å². The highest BCUT2D eigenvalue weighted by molar-refractivity contribution is 5.91. The van der Waals surface area contributed by atoms with Crippen molar-refractivity contribution >= 4 is 23.5 Å². The summed E-state index contributed by atoms with van der Waals surface area (Å²) in [5.41, 5.74) is 3.14. The minimum atomic E-state index is -0.0530. The van der Waals surface area contributed by atoms with Crippen molar-refractivity contribution in [1.29, 1.82) is 0 Å². The molecule has 7 heteroatoms. The standard InChI is InChI=1S/C22H32N6O/c1-15-6-12-19(13-7-15)28(5)22(29)25-18-10-8-17(9-11-18)24-21-23-14-16(2)20(26-21)27(3)4/h6-7,12-14,17-18H,8-11H2,1-5H3,(H,25,29)(H,23,24,26). The van der Waals surface area contributed by atoms with E-state index in [1.807, 2.05) is 70.4 Å². The third-order valence-electron chi connectivity index (χ3n) is 5.48. The highest BCUT2D eigenvalue weighted by Gasteiger charge is 2.24. The van der Waals surface area contributed by atoms with Gasteiger partial charge in [0.1, 0.15) is 5.82 Å². The average Bonchev–Trinajstić information content (AvgIpc) is 2.70. The summed E-state index contributed by atoms with van der Waals surface area (Å²) in [6.07, 6.45) is 5.70. The van der Waals surface area contributed by atoms with Gasteiger partial charge in [0, 0.05) is 50.7 Å². The van der Waals surface area contributed by atoms with Gasteiger partial charge >= 0.3 is 6.03 Å². The number of hydrogen-bond donors (Lipinski definition) is 2. The molecule has 1 aromatic carbocycles. The molecule has 0 radical (unpaired) electrons. The Labute approximate surface area is 173 Å². The molecule has 156 valence electrons. The second kappa shape index (κ2) is 9.11. The lowest BCUT2D eigenvalue weighted by molar-refractivity contribution is 0.238. The molecule has 29 heavy (non-hydrogen) atoms. The lowest BCUT2D eigenvalue weighted by Crippen LogP contribution is -2.45. The van der Waals surface area contributed by atoms with E-state index in [1.165, 1.54) is 5.56 Å². The van der Waals surface area contributed by atoms with Crippen molar-refractivity contribution in [2.24, 2.45) is 0 Å². The lowest BCUT2D eigenvalue weighted by Gasteiger charge is -2.31. The first-order chi connectivity index (χ1) is 13.8. The molecule has 1 heterocycles. The van der Waals surface area contributed by atoms with Crippen LogP contribution < -0.4 is 20.4 Å². The second-order valence-corrected chi connectivity index (χ2v) is 8.13. The van der Waals surface area contributed by atoms with Gasteiger partial charge in [0.05, 0.1) is 0 Å². The minimum absolute atomic E-state index is 0.0530. The third kappa shape index (κ3) is 5.37. The average molecular weight is 397 g/mol. The highest BCUT2D eigenvalue weighted by Crippen LogP contribution is 2.23. The molecule has 1 aliphatic rings. The zero-order chi connectivity index (χ0) is 21.0. The summed E-state index contributed by atoms with van der Waals surface area (Å²) in [5, 5.41) is 6.63. The monoisotopic (exact) mass is 396 g/mol. The first-order valence-electron chi connectivity index (χ1n) is 10.2. The molecule has 2 amide bonds. The van der Waals surface area contributed by atoms with Crippen LogP contribution in [0.4, 0.5) is 22.2 Å². The first kappa shape index (κ1) is 20.9. The minimum Gasteiger partial charge on any atom is -0.362 e. The van der Waals surface area contributed by atoms with Crippen molar-refractivity contribution in [2.45, 2.75) is 51.6 Å². The van der Waals surface area contributed by atoms with Crippen LogP contribution in [0, 0.1) is 13.8 Å². The summed E-state index contributed by atoms with van der Waals surface area (Å²) in [4.78, 5) is 25.3. The van der Waals surface area contributed by atoms with E-state index in [-0.39, 0.29) is 12.1 Å². The van der Waals surface area contributed by atoms with Crippen molar-refractivity contribution in [3.8, 4) is 0 Å². The number of carbonyl (C=O) groups is 1. The van der Waals surface area contributed by atoms with Crippen LogP contribution >= 0.6 is 0 Å². The molecule has 1 saturated carbocycles. The number of anilines is 3. The van der Waals surface area contributed by atoms with Gasteiger partial charge in [-0.2, -0.15) is 4.98 Å². The number of urea groups is 1. The molecule has 0 bridgehead atoms. The smallest absolute Gasteiger partial charge is 0.321 e. The van der Waals surface area contributed by atoms with Gasteiger partial charge in [-0.25, -0.2) is 9.78 Å². The molecule has 7 nitrogen and oxygen atoms in total. The number of hydrogen-bond acceptors (Lipinski definition) is 5. The van der Waals surface area contributed by atoms with E-state index >= 15 is 0 Å². The summed E-state index contributed by atoms with van der Waals surface area (Å²) in [5.74, 6) is 1.61. The Kier molecular flexibility index (Phi) is 6.56. The fraction of sp³-hybridized carbons (Fsp3) is 0.500. The second-order valence-electron chi connectivity index (χ2n) is 8.13. The van der Waals surface area contributed by atoms with Crippen molar-refractivity contribution in [2.75, 3.05) is 36.3 Å². The molecule has 1 aliphatic carbocycles. The zero-order valence-electron chi connectivity index (χ0n) is 18.1. The molecular weight excluding hydrogens is 364 g/mol. The van der Waals surface area contributed by atoms with Gasteiger partial charge in [-0.05, 0) is 51.7 Å². The zero-order valence-corrected chi connectivity index (χ0v) is 18.1. The Hall–Kier alpha value is -2.83. The van der Waals surface area contributed by atoms with Crippen molar-refractivity contribution in [3.05, 3.63) is 41.6 Å². The van der Waals surface area contributed by atoms with E-state index < -0.39 is 0 Å². The number of nitrogens with one attached hydrogen (secondary N) is 2. The van der Waals surface area contributed by atoms with Crippen LogP contribution in [-0.2, 0) is 0 Å². The van der Waals surface area contributed by atoms with Crippen LogP contribution in [0.1, 0.15) is 36.8 Å². The van der Waals surface area contributed by atoms with Crippen molar-refractivity contribution in [3.63, 3.8) is 0 Å². The maximum absolute atomic E-state index is 12.6. The van der Waals surface area contributed by atoms with Crippen LogP contribution in [0.3, 0.4) is 0 Å². The molecule has 0 aliphatic heterocycles. The number of aromatic nitrogens is 2. The Morgan fingerprint density at radius 1 is 1.00 bits per heavy atom. The normalized spacial score (nSPS) is 18.8. The topological polar surface area (TPSA) is 73.4 Å². The Morgan fingerprint density at radius 2 is 1.62 bits per heavy atom. The molecule has 2 N–H and O–H groups in total. The van der Waals surface area contributed by atoms with Crippen LogP contribution in [0.25, 0.3) is 0 Å². The van der Waals surface area contributed by atoms with E-state index in [1.54, 1.807) is 4.90 Å². The van der Waals surface area contributed by atoms with Crippen LogP contribution in [0.5, 0.6) is 0 Å². The molecule has 0 atom stereocenters. The Balaban J connectivity index is 1.49. The molecular formula is C22H32N6O.